The molecule has 0 bridgehead atoms. The molecule has 0 amide bonds. The van der Waals surface area contributed by atoms with Crippen LogP contribution in [-0.2, 0) is 15.9 Å². The summed E-state index contributed by atoms with van der Waals surface area (Å²) >= 11 is 2.06. The highest BCUT2D eigenvalue weighted by Gasteiger charge is 2.53. The van der Waals surface area contributed by atoms with Crippen molar-refractivity contribution in [3.05, 3.63) is 71.3 Å². The summed E-state index contributed by atoms with van der Waals surface area (Å²) in [5, 5.41) is 0. The molecule has 2 heterocycles. The van der Waals surface area contributed by atoms with Crippen LogP contribution in [0.2, 0.25) is 0 Å². The molecule has 0 radical (unpaired) electrons. The van der Waals surface area contributed by atoms with E-state index in [9.17, 15) is 0 Å². The Balaban J connectivity index is 0.00000196. The summed E-state index contributed by atoms with van der Waals surface area (Å²) < 4.78 is 7.14. The van der Waals surface area contributed by atoms with Gasteiger partial charge in [0, 0.05) is 6.54 Å². The van der Waals surface area contributed by atoms with E-state index in [2.05, 4.69) is 85.4 Å². The maximum Gasteiger partial charge on any atom is 0.121 e. The monoisotopic (exact) mass is 389 g/mol. The van der Waals surface area contributed by atoms with Gasteiger partial charge < -0.3 is 9.64 Å². The molecule has 2 nitrogen and oxygen atoms in total. The largest absolute Gasteiger partial charge is 0.354 e. The van der Waals surface area contributed by atoms with E-state index in [1.165, 1.54) is 28.2 Å². The van der Waals surface area contributed by atoms with Gasteiger partial charge in [0.15, 0.2) is 0 Å². The van der Waals surface area contributed by atoms with Gasteiger partial charge in [-0.1, -0.05) is 54.6 Å². The van der Waals surface area contributed by atoms with Crippen LogP contribution >= 0.6 is 24.2 Å². The standard InChI is InChI=1S/C22H27NOS.ClH/c1-23(2)15-12-22(18-8-4-3-5-9-18)20-11-7-6-10-19(20)21(24-22)13-16-25-17-14-21;/h3-11H,12-17H2,1-2H3;1H. The molecule has 4 rings (SSSR count). The van der Waals surface area contributed by atoms with Crippen LogP contribution in [-0.4, -0.2) is 37.0 Å². The number of benzene rings is 2. The summed E-state index contributed by atoms with van der Waals surface area (Å²) in [5.74, 6) is 2.37. The summed E-state index contributed by atoms with van der Waals surface area (Å²) in [7, 11) is 4.29. The highest BCUT2D eigenvalue weighted by Crippen LogP contribution is 2.56. The highest BCUT2D eigenvalue weighted by atomic mass is 35.5. The quantitative estimate of drug-likeness (QED) is 0.725. The Morgan fingerprint density at radius 1 is 0.923 bits per heavy atom. The van der Waals surface area contributed by atoms with Gasteiger partial charge in [-0.2, -0.15) is 11.8 Å². The van der Waals surface area contributed by atoms with Gasteiger partial charge in [0.2, 0.25) is 0 Å². The molecule has 1 atom stereocenters. The maximum atomic E-state index is 7.14. The first-order valence-corrected chi connectivity index (χ1v) is 10.4. The first-order valence-electron chi connectivity index (χ1n) is 9.24. The number of ether oxygens (including phenoxy) is 1. The lowest BCUT2D eigenvalue weighted by Crippen LogP contribution is -2.38. The minimum absolute atomic E-state index is 0. The molecule has 140 valence electrons. The zero-order valence-corrected chi connectivity index (χ0v) is 17.2. The highest BCUT2D eigenvalue weighted by molar-refractivity contribution is 7.99. The van der Waals surface area contributed by atoms with E-state index in [1.54, 1.807) is 0 Å². The van der Waals surface area contributed by atoms with Crippen molar-refractivity contribution in [3.63, 3.8) is 0 Å². The second-order valence-corrected chi connectivity index (χ2v) is 8.73. The zero-order valence-electron chi connectivity index (χ0n) is 15.6. The van der Waals surface area contributed by atoms with E-state index in [-0.39, 0.29) is 23.6 Å². The van der Waals surface area contributed by atoms with Crippen LogP contribution in [0.3, 0.4) is 0 Å². The average Bonchev–Trinajstić information content (AvgIpc) is 2.93. The van der Waals surface area contributed by atoms with Crippen LogP contribution in [0.1, 0.15) is 36.0 Å². The summed E-state index contributed by atoms with van der Waals surface area (Å²) in [6.07, 6.45) is 3.21. The lowest BCUT2D eigenvalue weighted by atomic mass is 9.80. The Kier molecular flexibility index (Phi) is 6.03. The Morgan fingerprint density at radius 3 is 2.19 bits per heavy atom. The maximum absolute atomic E-state index is 7.14. The Morgan fingerprint density at radius 2 is 1.54 bits per heavy atom. The lowest BCUT2D eigenvalue weighted by Gasteiger charge is -2.39. The SMILES string of the molecule is CN(C)CCC1(c2ccccc2)OC2(CCSCC2)c2ccccc21.Cl. The number of hydrogen-bond acceptors (Lipinski definition) is 3. The van der Waals surface area contributed by atoms with Crippen molar-refractivity contribution in [3.8, 4) is 0 Å². The van der Waals surface area contributed by atoms with Gasteiger partial charge in [0.25, 0.3) is 0 Å². The Hall–Kier alpha value is -1.00. The number of thioether (sulfide) groups is 1. The van der Waals surface area contributed by atoms with E-state index in [0.29, 0.717) is 0 Å². The third-order valence-corrected chi connectivity index (χ3v) is 6.66. The fourth-order valence-corrected chi connectivity index (χ4v) is 5.53. The van der Waals surface area contributed by atoms with Gasteiger partial charge in [-0.15, -0.1) is 12.4 Å². The second-order valence-electron chi connectivity index (χ2n) is 7.50. The normalized spacial score (nSPS) is 23.7. The van der Waals surface area contributed by atoms with Crippen LogP contribution in [0.4, 0.5) is 0 Å². The molecule has 2 aliphatic rings. The molecule has 0 N–H and O–H groups in total. The van der Waals surface area contributed by atoms with Crippen molar-refractivity contribution in [1.29, 1.82) is 0 Å². The van der Waals surface area contributed by atoms with Gasteiger partial charge in [0.1, 0.15) is 5.60 Å². The molecule has 1 saturated heterocycles. The molecule has 0 saturated carbocycles. The van der Waals surface area contributed by atoms with Gasteiger partial charge in [-0.05, 0) is 61.6 Å². The van der Waals surface area contributed by atoms with Gasteiger partial charge in [-0.25, -0.2) is 0 Å². The first kappa shape index (κ1) is 19.8. The first-order chi connectivity index (χ1) is 12.2. The minimum atomic E-state index is -0.329. The third kappa shape index (κ3) is 3.31. The zero-order chi connectivity index (χ0) is 17.3. The van der Waals surface area contributed by atoms with Crippen LogP contribution in [0.5, 0.6) is 0 Å². The average molecular weight is 390 g/mol. The van der Waals surface area contributed by atoms with Crippen molar-refractivity contribution >= 4 is 24.2 Å². The van der Waals surface area contributed by atoms with E-state index in [4.69, 9.17) is 4.74 Å². The fourth-order valence-electron chi connectivity index (χ4n) is 4.38. The lowest BCUT2D eigenvalue weighted by molar-refractivity contribution is -0.132. The molecule has 4 heteroatoms. The van der Waals surface area contributed by atoms with E-state index in [1.807, 2.05) is 0 Å². The van der Waals surface area contributed by atoms with Crippen LogP contribution in [0.25, 0.3) is 0 Å². The molecule has 1 unspecified atom stereocenters. The predicted molar refractivity (Wildman–Crippen MR) is 113 cm³/mol. The fraction of sp³-hybridized carbons (Fsp3) is 0.455. The summed E-state index contributed by atoms with van der Waals surface area (Å²) in [4.78, 5) is 2.26. The van der Waals surface area contributed by atoms with Crippen molar-refractivity contribution in [2.24, 2.45) is 0 Å². The predicted octanol–water partition coefficient (Wildman–Crippen LogP) is 5.06. The van der Waals surface area contributed by atoms with E-state index < -0.39 is 0 Å². The molecule has 1 spiro atoms. The van der Waals surface area contributed by atoms with Crippen molar-refractivity contribution in [1.82, 2.24) is 4.90 Å². The molecule has 0 aliphatic carbocycles. The molecular weight excluding hydrogens is 362 g/mol. The summed E-state index contributed by atoms with van der Waals surface area (Å²) in [6.45, 7) is 1.01. The molecule has 2 aromatic rings. The number of nitrogens with zero attached hydrogens (tertiary/aromatic N) is 1. The topological polar surface area (TPSA) is 12.5 Å². The van der Waals surface area contributed by atoms with Crippen LogP contribution < -0.4 is 0 Å². The van der Waals surface area contributed by atoms with Crippen molar-refractivity contribution in [2.75, 3.05) is 32.1 Å². The van der Waals surface area contributed by atoms with Crippen LogP contribution in [0.15, 0.2) is 54.6 Å². The smallest absolute Gasteiger partial charge is 0.121 e. The van der Waals surface area contributed by atoms with Crippen molar-refractivity contribution < 1.29 is 4.74 Å². The van der Waals surface area contributed by atoms with Crippen LogP contribution in [0, 0.1) is 0 Å². The minimum Gasteiger partial charge on any atom is -0.354 e. The third-order valence-electron chi connectivity index (χ3n) is 5.67. The molecule has 2 aliphatic heterocycles. The molecule has 26 heavy (non-hydrogen) atoms. The molecule has 1 fully saturated rings. The molecule has 2 aromatic carbocycles. The number of halogens is 1. The Bertz CT molecular complexity index is 730. The number of rotatable bonds is 4. The molecule has 0 aromatic heterocycles. The van der Waals surface area contributed by atoms with Crippen molar-refractivity contribution in [2.45, 2.75) is 30.5 Å². The van der Waals surface area contributed by atoms with Gasteiger partial charge in [-0.3, -0.25) is 0 Å². The molecular formula is C22H28ClNOS. The number of hydrogen-bond donors (Lipinski definition) is 0. The van der Waals surface area contributed by atoms with E-state index in [0.717, 1.165) is 25.8 Å². The summed E-state index contributed by atoms with van der Waals surface area (Å²) in [6, 6.07) is 19.8. The van der Waals surface area contributed by atoms with Gasteiger partial charge >= 0.3 is 0 Å². The van der Waals surface area contributed by atoms with Gasteiger partial charge in [0.05, 0.1) is 5.60 Å². The second kappa shape index (κ2) is 7.93. The van der Waals surface area contributed by atoms with E-state index >= 15 is 0 Å². The number of fused-ring (bicyclic) bond motifs is 2. The summed E-state index contributed by atoms with van der Waals surface area (Å²) in [5.41, 5.74) is 3.67. The Labute approximate surface area is 167 Å².